The zero-order chi connectivity index (χ0) is 21.0. The van der Waals surface area contributed by atoms with Crippen molar-refractivity contribution in [3.8, 4) is 22.6 Å². The SMILES string of the molecule is CC(C)Oc1ccc(F)c(-c2ccc(OCC3CC3C(=O)O)c(CCC=O)c2)c1. The summed E-state index contributed by atoms with van der Waals surface area (Å²) in [6.45, 7) is 4.12. The van der Waals surface area contributed by atoms with Gasteiger partial charge in [-0.15, -0.1) is 0 Å². The molecule has 2 aromatic carbocycles. The first kappa shape index (κ1) is 20.8. The highest BCUT2D eigenvalue weighted by Crippen LogP contribution is 2.39. The summed E-state index contributed by atoms with van der Waals surface area (Å²) in [6.07, 6.45) is 2.20. The fourth-order valence-electron chi connectivity index (χ4n) is 3.30. The Bertz CT molecular complexity index is 893. The van der Waals surface area contributed by atoms with Crippen molar-refractivity contribution in [1.29, 1.82) is 0 Å². The Hall–Kier alpha value is -2.89. The van der Waals surface area contributed by atoms with Crippen LogP contribution in [0.5, 0.6) is 11.5 Å². The molecule has 6 heteroatoms. The summed E-state index contributed by atoms with van der Waals surface area (Å²) in [7, 11) is 0. The van der Waals surface area contributed by atoms with Crippen molar-refractivity contribution in [2.45, 2.75) is 39.2 Å². The number of aryl methyl sites for hydroxylation is 1. The fraction of sp³-hybridized carbons (Fsp3) is 0.391. The van der Waals surface area contributed by atoms with Crippen LogP contribution in [-0.4, -0.2) is 30.1 Å². The van der Waals surface area contributed by atoms with E-state index < -0.39 is 5.97 Å². The Labute approximate surface area is 169 Å². The lowest BCUT2D eigenvalue weighted by atomic mass is 9.99. The van der Waals surface area contributed by atoms with E-state index in [1.165, 1.54) is 6.07 Å². The van der Waals surface area contributed by atoms with Crippen molar-refractivity contribution in [1.82, 2.24) is 0 Å². The first-order chi connectivity index (χ1) is 13.9. The molecule has 1 N–H and O–H groups in total. The van der Waals surface area contributed by atoms with E-state index in [4.69, 9.17) is 14.6 Å². The number of rotatable bonds is 10. The van der Waals surface area contributed by atoms with Gasteiger partial charge in [-0.3, -0.25) is 4.79 Å². The van der Waals surface area contributed by atoms with E-state index in [0.29, 0.717) is 48.5 Å². The first-order valence-corrected chi connectivity index (χ1v) is 9.77. The maximum absolute atomic E-state index is 14.5. The molecule has 3 rings (SSSR count). The summed E-state index contributed by atoms with van der Waals surface area (Å²) in [5.74, 6) is -0.312. The van der Waals surface area contributed by atoms with Gasteiger partial charge in [-0.2, -0.15) is 0 Å². The molecule has 1 aliphatic carbocycles. The Kier molecular flexibility index (Phi) is 6.52. The number of carboxylic acids is 1. The monoisotopic (exact) mass is 400 g/mol. The van der Waals surface area contributed by atoms with Crippen molar-refractivity contribution < 1.29 is 28.6 Å². The van der Waals surface area contributed by atoms with Crippen LogP contribution in [0, 0.1) is 17.7 Å². The maximum atomic E-state index is 14.5. The van der Waals surface area contributed by atoms with Gasteiger partial charge in [-0.25, -0.2) is 4.39 Å². The summed E-state index contributed by atoms with van der Waals surface area (Å²) in [5.41, 5.74) is 1.87. The predicted octanol–water partition coefficient (Wildman–Crippen LogP) is 4.51. The molecule has 1 aliphatic rings. The van der Waals surface area contributed by atoms with E-state index >= 15 is 0 Å². The number of hydrogen-bond donors (Lipinski definition) is 1. The molecule has 0 amide bonds. The molecule has 0 aromatic heterocycles. The van der Waals surface area contributed by atoms with Gasteiger partial charge in [0.2, 0.25) is 0 Å². The van der Waals surface area contributed by atoms with Crippen molar-refractivity contribution >= 4 is 12.3 Å². The largest absolute Gasteiger partial charge is 0.493 e. The summed E-state index contributed by atoms with van der Waals surface area (Å²) in [4.78, 5) is 21.8. The third kappa shape index (κ3) is 5.34. The third-order valence-corrected chi connectivity index (χ3v) is 4.91. The second kappa shape index (κ2) is 9.07. The van der Waals surface area contributed by atoms with Gasteiger partial charge in [0.1, 0.15) is 23.6 Å². The highest BCUT2D eigenvalue weighted by Gasteiger charge is 2.43. The molecule has 5 nitrogen and oxygen atoms in total. The smallest absolute Gasteiger partial charge is 0.306 e. The molecule has 29 heavy (non-hydrogen) atoms. The molecule has 0 bridgehead atoms. The molecule has 2 aromatic rings. The van der Waals surface area contributed by atoms with Crippen LogP contribution in [0.2, 0.25) is 0 Å². The molecule has 1 fully saturated rings. The van der Waals surface area contributed by atoms with E-state index in [1.54, 1.807) is 24.3 Å². The lowest BCUT2D eigenvalue weighted by Crippen LogP contribution is -2.07. The van der Waals surface area contributed by atoms with Crippen molar-refractivity contribution in [3.63, 3.8) is 0 Å². The van der Waals surface area contributed by atoms with Gasteiger partial charge in [0.15, 0.2) is 0 Å². The van der Waals surface area contributed by atoms with E-state index in [0.717, 1.165) is 11.8 Å². The van der Waals surface area contributed by atoms with Crippen LogP contribution in [0.4, 0.5) is 4.39 Å². The number of ether oxygens (including phenoxy) is 2. The summed E-state index contributed by atoms with van der Waals surface area (Å²) >= 11 is 0. The van der Waals surface area contributed by atoms with Crippen LogP contribution in [0.1, 0.15) is 32.3 Å². The minimum atomic E-state index is -0.797. The average molecular weight is 400 g/mol. The maximum Gasteiger partial charge on any atom is 0.306 e. The van der Waals surface area contributed by atoms with E-state index in [2.05, 4.69) is 0 Å². The van der Waals surface area contributed by atoms with Gasteiger partial charge in [-0.05, 0) is 68.1 Å². The zero-order valence-electron chi connectivity index (χ0n) is 16.6. The lowest BCUT2D eigenvalue weighted by molar-refractivity contribution is -0.139. The number of hydrogen-bond acceptors (Lipinski definition) is 4. The summed E-state index contributed by atoms with van der Waals surface area (Å²) in [6, 6.07) is 9.97. The van der Waals surface area contributed by atoms with Crippen LogP contribution >= 0.6 is 0 Å². The highest BCUT2D eigenvalue weighted by molar-refractivity contribution is 5.73. The normalized spacial score (nSPS) is 17.8. The number of carbonyl (C=O) groups is 2. The lowest BCUT2D eigenvalue weighted by Gasteiger charge is -2.15. The molecule has 2 unspecified atom stereocenters. The Morgan fingerprint density at radius 1 is 1.28 bits per heavy atom. The number of aldehydes is 1. The third-order valence-electron chi connectivity index (χ3n) is 4.91. The Morgan fingerprint density at radius 3 is 2.72 bits per heavy atom. The molecule has 0 aliphatic heterocycles. The zero-order valence-corrected chi connectivity index (χ0v) is 16.6. The van der Waals surface area contributed by atoms with Gasteiger partial charge in [0, 0.05) is 17.9 Å². The van der Waals surface area contributed by atoms with E-state index in [9.17, 15) is 14.0 Å². The van der Waals surface area contributed by atoms with E-state index in [1.807, 2.05) is 19.9 Å². The van der Waals surface area contributed by atoms with Crippen molar-refractivity contribution in [3.05, 3.63) is 47.8 Å². The number of benzene rings is 2. The van der Waals surface area contributed by atoms with Gasteiger partial charge in [0.05, 0.1) is 18.6 Å². The van der Waals surface area contributed by atoms with Crippen LogP contribution in [0.25, 0.3) is 11.1 Å². The van der Waals surface area contributed by atoms with Gasteiger partial charge >= 0.3 is 5.97 Å². The summed E-state index contributed by atoms with van der Waals surface area (Å²) < 4.78 is 26.0. The van der Waals surface area contributed by atoms with Crippen LogP contribution < -0.4 is 9.47 Å². The standard InChI is InChI=1S/C23H25FO5/c1-14(2)29-18-6-7-21(24)19(12-18)15-5-8-22(16(10-15)4-3-9-25)28-13-17-11-20(17)23(26)27/h5-10,12,14,17,20H,3-4,11,13H2,1-2H3,(H,26,27). The van der Waals surface area contributed by atoms with Crippen LogP contribution in [0.3, 0.4) is 0 Å². The molecule has 0 heterocycles. The van der Waals surface area contributed by atoms with Crippen LogP contribution in [-0.2, 0) is 16.0 Å². The molecular weight excluding hydrogens is 375 g/mol. The molecule has 1 saturated carbocycles. The predicted molar refractivity (Wildman–Crippen MR) is 107 cm³/mol. The average Bonchev–Trinajstić information content (AvgIpc) is 3.46. The van der Waals surface area contributed by atoms with Crippen molar-refractivity contribution in [2.75, 3.05) is 6.61 Å². The molecule has 0 saturated heterocycles. The molecule has 2 atom stereocenters. The quantitative estimate of drug-likeness (QED) is 0.594. The minimum absolute atomic E-state index is 0.00778. The molecule has 0 spiro atoms. The number of carbonyl (C=O) groups excluding carboxylic acids is 1. The first-order valence-electron chi connectivity index (χ1n) is 9.77. The van der Waals surface area contributed by atoms with Gasteiger partial charge in [0.25, 0.3) is 0 Å². The molecular formula is C23H25FO5. The van der Waals surface area contributed by atoms with E-state index in [-0.39, 0.29) is 23.8 Å². The minimum Gasteiger partial charge on any atom is -0.493 e. The van der Waals surface area contributed by atoms with Crippen molar-refractivity contribution in [2.24, 2.45) is 11.8 Å². The second-order valence-electron chi connectivity index (χ2n) is 7.59. The van der Waals surface area contributed by atoms with Gasteiger partial charge in [-0.1, -0.05) is 6.07 Å². The topological polar surface area (TPSA) is 72.8 Å². The second-order valence-corrected chi connectivity index (χ2v) is 7.59. The Balaban J connectivity index is 1.83. The number of aliphatic carboxylic acids is 1. The highest BCUT2D eigenvalue weighted by atomic mass is 19.1. The molecule has 0 radical (unpaired) electrons. The number of halogens is 1. The van der Waals surface area contributed by atoms with Gasteiger partial charge < -0.3 is 19.4 Å². The fourth-order valence-corrected chi connectivity index (χ4v) is 3.30. The van der Waals surface area contributed by atoms with Crippen LogP contribution in [0.15, 0.2) is 36.4 Å². The number of carboxylic acid groups (broad SMARTS) is 1. The molecule has 154 valence electrons. The summed E-state index contributed by atoms with van der Waals surface area (Å²) in [5, 5.41) is 9.02. The Morgan fingerprint density at radius 2 is 2.07 bits per heavy atom.